The van der Waals surface area contributed by atoms with E-state index in [0.717, 1.165) is 5.75 Å². The van der Waals surface area contributed by atoms with Gasteiger partial charge in [-0.25, -0.2) is 4.98 Å². The average Bonchev–Trinajstić information content (AvgIpc) is 2.84. The summed E-state index contributed by atoms with van der Waals surface area (Å²) in [4.78, 5) is 30.5. The van der Waals surface area contributed by atoms with Crippen LogP contribution in [0.3, 0.4) is 0 Å². The van der Waals surface area contributed by atoms with E-state index in [1.807, 2.05) is 49.4 Å². The normalized spacial score (nSPS) is 11.8. The van der Waals surface area contributed by atoms with E-state index >= 15 is 0 Å². The van der Waals surface area contributed by atoms with Crippen LogP contribution in [0.4, 0.5) is 0 Å². The Morgan fingerprint density at radius 3 is 2.41 bits per heavy atom. The first kappa shape index (κ1) is 23.5. The number of benzene rings is 3. The fraction of sp³-hybridized carbons (Fsp3) is 0.192. The van der Waals surface area contributed by atoms with Crippen molar-refractivity contribution < 1.29 is 14.3 Å². The number of carbonyl (C=O) groups excluding carboxylic acids is 1. The number of nitrogens with one attached hydrogen (secondary N) is 1. The van der Waals surface area contributed by atoms with E-state index in [4.69, 9.17) is 9.47 Å². The Morgan fingerprint density at radius 2 is 1.68 bits per heavy atom. The Balaban J connectivity index is 1.63. The van der Waals surface area contributed by atoms with Crippen molar-refractivity contribution in [3.63, 3.8) is 0 Å². The molecule has 7 nitrogen and oxygen atoms in total. The van der Waals surface area contributed by atoms with Crippen molar-refractivity contribution in [2.75, 3.05) is 19.5 Å². The highest BCUT2D eigenvalue weighted by Gasteiger charge is 2.16. The van der Waals surface area contributed by atoms with E-state index in [-0.39, 0.29) is 23.3 Å². The molecular formula is C26H25N3O4S. The Bertz CT molecular complexity index is 1320. The van der Waals surface area contributed by atoms with Crippen molar-refractivity contribution in [2.24, 2.45) is 0 Å². The lowest BCUT2D eigenvalue weighted by Gasteiger charge is -2.15. The van der Waals surface area contributed by atoms with Crippen molar-refractivity contribution >= 4 is 28.6 Å². The second-order valence-corrected chi connectivity index (χ2v) is 8.62. The maximum absolute atomic E-state index is 13.4. The van der Waals surface area contributed by atoms with Crippen LogP contribution in [0.1, 0.15) is 6.92 Å². The molecule has 1 heterocycles. The predicted molar refractivity (Wildman–Crippen MR) is 134 cm³/mol. The van der Waals surface area contributed by atoms with E-state index in [1.165, 1.54) is 16.3 Å². The van der Waals surface area contributed by atoms with Gasteiger partial charge in [-0.05, 0) is 55.5 Å². The predicted octanol–water partition coefficient (Wildman–Crippen LogP) is 4.42. The zero-order chi connectivity index (χ0) is 23.9. The van der Waals surface area contributed by atoms with Gasteiger partial charge in [-0.15, -0.1) is 0 Å². The number of methoxy groups -OCH3 is 1. The molecule has 1 amide bonds. The van der Waals surface area contributed by atoms with Gasteiger partial charge < -0.3 is 14.8 Å². The molecule has 174 valence electrons. The van der Waals surface area contributed by atoms with Crippen LogP contribution in [0.5, 0.6) is 11.5 Å². The number of thioether (sulfide) groups is 1. The van der Waals surface area contributed by atoms with Gasteiger partial charge in [0.05, 0.1) is 29.0 Å². The number of para-hydroxylation sites is 2. The van der Waals surface area contributed by atoms with Crippen LogP contribution < -0.4 is 15.6 Å². The fourth-order valence-electron chi connectivity index (χ4n) is 3.46. The topological polar surface area (TPSA) is 82.5 Å². The lowest BCUT2D eigenvalue weighted by Crippen LogP contribution is -2.36. The Kier molecular flexibility index (Phi) is 7.61. The summed E-state index contributed by atoms with van der Waals surface area (Å²) in [6.45, 7) is 2.29. The third-order valence-corrected chi connectivity index (χ3v) is 5.91. The molecule has 1 N–H and O–H groups in total. The maximum atomic E-state index is 13.4. The molecule has 3 aromatic carbocycles. The summed E-state index contributed by atoms with van der Waals surface area (Å²) in [6.07, 6.45) is 0. The van der Waals surface area contributed by atoms with Crippen molar-refractivity contribution in [1.82, 2.24) is 14.9 Å². The second kappa shape index (κ2) is 11.0. The van der Waals surface area contributed by atoms with Crippen LogP contribution in [0.25, 0.3) is 16.6 Å². The smallest absolute Gasteiger partial charge is 0.266 e. The molecule has 1 atom stereocenters. The first-order chi connectivity index (χ1) is 16.5. The van der Waals surface area contributed by atoms with Gasteiger partial charge in [-0.1, -0.05) is 42.1 Å². The second-order valence-electron chi connectivity index (χ2n) is 7.67. The molecule has 8 heteroatoms. The third kappa shape index (κ3) is 5.65. The molecular weight excluding hydrogens is 450 g/mol. The molecule has 1 aromatic heterocycles. The molecule has 0 fully saturated rings. The molecule has 0 bridgehead atoms. The van der Waals surface area contributed by atoms with Crippen LogP contribution in [-0.2, 0) is 9.53 Å². The van der Waals surface area contributed by atoms with Gasteiger partial charge in [-0.3, -0.25) is 14.2 Å². The summed E-state index contributed by atoms with van der Waals surface area (Å²) in [7, 11) is 1.59. The van der Waals surface area contributed by atoms with E-state index in [1.54, 1.807) is 43.5 Å². The monoisotopic (exact) mass is 475 g/mol. The van der Waals surface area contributed by atoms with Gasteiger partial charge >= 0.3 is 0 Å². The molecule has 1 unspecified atom stereocenters. The summed E-state index contributed by atoms with van der Waals surface area (Å²) < 4.78 is 12.5. The molecule has 0 spiro atoms. The number of rotatable bonds is 9. The summed E-state index contributed by atoms with van der Waals surface area (Å²) >= 11 is 1.21. The number of ether oxygens (including phenoxy) is 2. The maximum Gasteiger partial charge on any atom is 0.266 e. The highest BCUT2D eigenvalue weighted by Crippen LogP contribution is 2.25. The molecule has 0 saturated heterocycles. The first-order valence-electron chi connectivity index (χ1n) is 10.8. The number of nitrogens with zero attached hydrogens (tertiary/aromatic N) is 2. The van der Waals surface area contributed by atoms with Crippen LogP contribution in [0.15, 0.2) is 88.8 Å². The number of hydrogen-bond acceptors (Lipinski definition) is 6. The van der Waals surface area contributed by atoms with Crippen LogP contribution in [0, 0.1) is 0 Å². The lowest BCUT2D eigenvalue weighted by molar-refractivity contribution is -0.119. The molecule has 0 aliphatic rings. The number of aromatic nitrogens is 2. The summed E-state index contributed by atoms with van der Waals surface area (Å²) in [5, 5.41) is 3.82. The number of carbonyl (C=O) groups is 1. The zero-order valence-electron chi connectivity index (χ0n) is 18.9. The third-order valence-electron chi connectivity index (χ3n) is 4.98. The van der Waals surface area contributed by atoms with Crippen LogP contribution >= 0.6 is 11.8 Å². The standard InChI is InChI=1S/C26H25N3O4S/c1-18(16-32-2)27-24(30)17-34-26-28-23-11-7-6-10-22(23)25(31)29(26)19-12-14-21(15-13-19)33-20-8-4-3-5-9-20/h3-15,18H,16-17H2,1-2H3,(H,27,30). The summed E-state index contributed by atoms with van der Waals surface area (Å²) in [5.74, 6) is 1.34. The van der Waals surface area contributed by atoms with Gasteiger partial charge in [0.15, 0.2) is 5.16 Å². The number of fused-ring (bicyclic) bond motifs is 1. The molecule has 0 aliphatic carbocycles. The highest BCUT2D eigenvalue weighted by molar-refractivity contribution is 7.99. The van der Waals surface area contributed by atoms with Crippen LogP contribution in [-0.4, -0.2) is 41.0 Å². The molecule has 4 rings (SSSR count). The van der Waals surface area contributed by atoms with Crippen molar-refractivity contribution in [3.8, 4) is 17.2 Å². The molecule has 0 aliphatic heterocycles. The van der Waals surface area contributed by atoms with Gasteiger partial charge in [0.2, 0.25) is 5.91 Å². The minimum atomic E-state index is -0.196. The van der Waals surface area contributed by atoms with Gasteiger partial charge in [0.1, 0.15) is 11.5 Å². The summed E-state index contributed by atoms with van der Waals surface area (Å²) in [5.41, 5.74) is 1.03. The lowest BCUT2D eigenvalue weighted by atomic mass is 10.2. The van der Waals surface area contributed by atoms with E-state index in [9.17, 15) is 9.59 Å². The van der Waals surface area contributed by atoms with E-state index in [0.29, 0.717) is 34.1 Å². The molecule has 0 saturated carbocycles. The first-order valence-corrected chi connectivity index (χ1v) is 11.8. The summed E-state index contributed by atoms with van der Waals surface area (Å²) in [6, 6.07) is 23.8. The van der Waals surface area contributed by atoms with Gasteiger partial charge in [-0.2, -0.15) is 0 Å². The highest BCUT2D eigenvalue weighted by atomic mass is 32.2. The Hall–Kier alpha value is -3.62. The van der Waals surface area contributed by atoms with Crippen LogP contribution in [0.2, 0.25) is 0 Å². The minimum absolute atomic E-state index is 0.109. The van der Waals surface area contributed by atoms with Gasteiger partial charge in [0, 0.05) is 13.2 Å². The van der Waals surface area contributed by atoms with E-state index < -0.39 is 0 Å². The van der Waals surface area contributed by atoms with E-state index in [2.05, 4.69) is 10.3 Å². The Morgan fingerprint density at radius 1 is 1.00 bits per heavy atom. The SMILES string of the molecule is COCC(C)NC(=O)CSc1nc2ccccc2c(=O)n1-c1ccc(Oc2ccccc2)cc1. The van der Waals surface area contributed by atoms with Crippen molar-refractivity contribution in [1.29, 1.82) is 0 Å². The largest absolute Gasteiger partial charge is 0.457 e. The average molecular weight is 476 g/mol. The van der Waals surface area contributed by atoms with Crippen molar-refractivity contribution in [2.45, 2.75) is 18.1 Å². The molecule has 34 heavy (non-hydrogen) atoms. The fourth-order valence-corrected chi connectivity index (χ4v) is 4.29. The Labute approximate surface area is 201 Å². The zero-order valence-corrected chi connectivity index (χ0v) is 19.7. The number of hydrogen-bond donors (Lipinski definition) is 1. The molecule has 0 radical (unpaired) electrons. The van der Waals surface area contributed by atoms with Crippen molar-refractivity contribution in [3.05, 3.63) is 89.2 Å². The minimum Gasteiger partial charge on any atom is -0.457 e. The number of amides is 1. The van der Waals surface area contributed by atoms with Gasteiger partial charge in [0.25, 0.3) is 5.56 Å². The molecule has 4 aromatic rings. The quantitative estimate of drug-likeness (QED) is 0.285.